The van der Waals surface area contributed by atoms with E-state index >= 15 is 0 Å². The lowest BCUT2D eigenvalue weighted by Gasteiger charge is -2.15. The first-order valence-electron chi connectivity index (χ1n) is 6.10. The molecular weight excluding hydrogens is 250 g/mol. The van der Waals surface area contributed by atoms with Gasteiger partial charge in [0.1, 0.15) is 5.75 Å². The maximum Gasteiger partial charge on any atom is 0.255 e. The monoisotopic (exact) mass is 269 g/mol. The summed E-state index contributed by atoms with van der Waals surface area (Å²) >= 11 is 5.63. The number of amides is 1. The van der Waals surface area contributed by atoms with Crippen molar-refractivity contribution in [3.05, 3.63) is 29.3 Å². The van der Waals surface area contributed by atoms with Gasteiger partial charge in [-0.2, -0.15) is 0 Å². The first kappa shape index (κ1) is 14.8. The molecule has 0 heterocycles. The molecule has 0 aromatic heterocycles. The number of rotatable bonds is 6. The van der Waals surface area contributed by atoms with Gasteiger partial charge in [0.05, 0.1) is 12.7 Å². The van der Waals surface area contributed by atoms with Crippen molar-refractivity contribution in [1.82, 2.24) is 5.32 Å². The van der Waals surface area contributed by atoms with Gasteiger partial charge in [-0.05, 0) is 38.8 Å². The molecule has 1 atom stereocenters. The van der Waals surface area contributed by atoms with Crippen molar-refractivity contribution in [2.75, 3.05) is 13.0 Å². The zero-order valence-corrected chi connectivity index (χ0v) is 11.9. The Kier molecular flexibility index (Phi) is 5.99. The van der Waals surface area contributed by atoms with Crippen LogP contribution in [-0.2, 0) is 0 Å². The number of hydrogen-bond acceptors (Lipinski definition) is 2. The van der Waals surface area contributed by atoms with Crippen LogP contribution in [-0.4, -0.2) is 24.9 Å². The predicted molar refractivity (Wildman–Crippen MR) is 74.6 cm³/mol. The maximum atomic E-state index is 12.1. The van der Waals surface area contributed by atoms with Gasteiger partial charge in [0, 0.05) is 11.9 Å². The first-order valence-corrected chi connectivity index (χ1v) is 6.63. The van der Waals surface area contributed by atoms with E-state index in [-0.39, 0.29) is 11.9 Å². The van der Waals surface area contributed by atoms with Gasteiger partial charge < -0.3 is 10.1 Å². The fourth-order valence-electron chi connectivity index (χ4n) is 1.76. The number of halogens is 1. The summed E-state index contributed by atoms with van der Waals surface area (Å²) < 4.78 is 5.20. The van der Waals surface area contributed by atoms with Gasteiger partial charge in [-0.1, -0.05) is 11.6 Å². The van der Waals surface area contributed by atoms with Gasteiger partial charge in [0.25, 0.3) is 5.91 Å². The van der Waals surface area contributed by atoms with E-state index in [1.54, 1.807) is 7.11 Å². The van der Waals surface area contributed by atoms with E-state index in [9.17, 15) is 4.79 Å². The van der Waals surface area contributed by atoms with Crippen molar-refractivity contribution in [3.63, 3.8) is 0 Å². The van der Waals surface area contributed by atoms with E-state index in [1.165, 1.54) is 0 Å². The molecule has 0 radical (unpaired) electrons. The Bertz CT molecular complexity index is 407. The summed E-state index contributed by atoms with van der Waals surface area (Å²) in [6.07, 6.45) is 1.78. The number of hydrogen-bond donors (Lipinski definition) is 1. The summed E-state index contributed by atoms with van der Waals surface area (Å²) in [5.74, 6) is 1.12. The van der Waals surface area contributed by atoms with Crippen LogP contribution in [0.1, 0.15) is 35.7 Å². The highest BCUT2D eigenvalue weighted by molar-refractivity contribution is 6.17. The fraction of sp³-hybridized carbons (Fsp3) is 0.500. The van der Waals surface area contributed by atoms with Gasteiger partial charge in [0.15, 0.2) is 0 Å². The first-order chi connectivity index (χ1) is 8.58. The molecule has 1 rings (SSSR count). The van der Waals surface area contributed by atoms with E-state index in [0.29, 0.717) is 17.2 Å². The molecule has 1 N–H and O–H groups in total. The number of ether oxygens (including phenoxy) is 1. The number of carbonyl (C=O) groups is 1. The molecule has 0 bridgehead atoms. The summed E-state index contributed by atoms with van der Waals surface area (Å²) in [7, 11) is 1.57. The minimum atomic E-state index is -0.0994. The Hall–Kier alpha value is -1.22. The van der Waals surface area contributed by atoms with E-state index in [1.807, 2.05) is 32.0 Å². The normalized spacial score (nSPS) is 12.0. The molecule has 0 aliphatic rings. The summed E-state index contributed by atoms with van der Waals surface area (Å²) in [6, 6.07) is 5.68. The second kappa shape index (κ2) is 7.27. The van der Waals surface area contributed by atoms with Gasteiger partial charge in [0.2, 0.25) is 0 Å². The standard InChI is InChI=1S/C14H20ClNO2/c1-10-6-7-13(18-3)12(9-10)14(17)16-11(2)5-4-8-15/h6-7,9,11H,4-5,8H2,1-3H3,(H,16,17). The molecule has 1 aromatic carbocycles. The largest absolute Gasteiger partial charge is 0.496 e. The zero-order chi connectivity index (χ0) is 13.5. The quantitative estimate of drug-likeness (QED) is 0.806. The molecule has 0 fully saturated rings. The molecule has 1 unspecified atom stereocenters. The van der Waals surface area contributed by atoms with E-state index < -0.39 is 0 Å². The Morgan fingerprint density at radius 3 is 2.83 bits per heavy atom. The fourth-order valence-corrected chi connectivity index (χ4v) is 1.91. The van der Waals surface area contributed by atoms with Crippen LogP contribution in [0.5, 0.6) is 5.75 Å². The Morgan fingerprint density at radius 2 is 2.22 bits per heavy atom. The third-order valence-electron chi connectivity index (χ3n) is 2.75. The van der Waals surface area contributed by atoms with E-state index in [4.69, 9.17) is 16.3 Å². The molecule has 3 nitrogen and oxygen atoms in total. The van der Waals surface area contributed by atoms with Gasteiger partial charge in [-0.15, -0.1) is 11.6 Å². The van der Waals surface area contributed by atoms with Crippen molar-refractivity contribution < 1.29 is 9.53 Å². The second-order valence-corrected chi connectivity index (χ2v) is 4.79. The van der Waals surface area contributed by atoms with Crippen LogP contribution >= 0.6 is 11.6 Å². The topological polar surface area (TPSA) is 38.3 Å². The minimum absolute atomic E-state index is 0.0994. The summed E-state index contributed by atoms with van der Waals surface area (Å²) in [4.78, 5) is 12.1. The Morgan fingerprint density at radius 1 is 1.50 bits per heavy atom. The average molecular weight is 270 g/mol. The van der Waals surface area contributed by atoms with E-state index in [2.05, 4.69) is 5.32 Å². The van der Waals surface area contributed by atoms with Crippen LogP contribution in [0.15, 0.2) is 18.2 Å². The van der Waals surface area contributed by atoms with Crippen LogP contribution < -0.4 is 10.1 Å². The number of methoxy groups -OCH3 is 1. The molecule has 0 spiro atoms. The van der Waals surface area contributed by atoms with Gasteiger partial charge >= 0.3 is 0 Å². The number of aryl methyl sites for hydroxylation is 1. The van der Waals surface area contributed by atoms with Crippen molar-refractivity contribution in [3.8, 4) is 5.75 Å². The van der Waals surface area contributed by atoms with Crippen LogP contribution in [0.4, 0.5) is 0 Å². The van der Waals surface area contributed by atoms with Gasteiger partial charge in [-0.3, -0.25) is 4.79 Å². The zero-order valence-electron chi connectivity index (χ0n) is 11.1. The smallest absolute Gasteiger partial charge is 0.255 e. The van der Waals surface area contributed by atoms with Crippen molar-refractivity contribution in [2.45, 2.75) is 32.7 Å². The molecule has 0 aliphatic heterocycles. The maximum absolute atomic E-state index is 12.1. The summed E-state index contributed by atoms with van der Waals surface area (Å²) in [6.45, 7) is 3.93. The van der Waals surface area contributed by atoms with Crippen molar-refractivity contribution in [2.24, 2.45) is 0 Å². The third-order valence-corrected chi connectivity index (χ3v) is 3.02. The van der Waals surface area contributed by atoms with Crippen LogP contribution in [0.2, 0.25) is 0 Å². The summed E-state index contributed by atoms with van der Waals surface area (Å²) in [5, 5.41) is 2.96. The minimum Gasteiger partial charge on any atom is -0.496 e. The lowest BCUT2D eigenvalue weighted by atomic mass is 10.1. The van der Waals surface area contributed by atoms with Crippen molar-refractivity contribution in [1.29, 1.82) is 0 Å². The second-order valence-electron chi connectivity index (χ2n) is 4.41. The van der Waals surface area contributed by atoms with Crippen molar-refractivity contribution >= 4 is 17.5 Å². The van der Waals surface area contributed by atoms with Crippen LogP contribution in [0, 0.1) is 6.92 Å². The SMILES string of the molecule is COc1ccc(C)cc1C(=O)NC(C)CCCCl. The highest BCUT2D eigenvalue weighted by atomic mass is 35.5. The molecular formula is C14H20ClNO2. The molecule has 0 aliphatic carbocycles. The number of carbonyl (C=O) groups excluding carboxylic acids is 1. The lowest BCUT2D eigenvalue weighted by Crippen LogP contribution is -2.32. The highest BCUT2D eigenvalue weighted by Crippen LogP contribution is 2.19. The Balaban J connectivity index is 2.74. The number of benzene rings is 1. The predicted octanol–water partition coefficient (Wildman–Crippen LogP) is 3.14. The molecule has 18 heavy (non-hydrogen) atoms. The molecule has 0 saturated heterocycles. The average Bonchev–Trinajstić information content (AvgIpc) is 2.36. The Labute approximate surface area is 113 Å². The van der Waals surface area contributed by atoms with Gasteiger partial charge in [-0.25, -0.2) is 0 Å². The van der Waals surface area contributed by atoms with E-state index in [0.717, 1.165) is 18.4 Å². The lowest BCUT2D eigenvalue weighted by molar-refractivity contribution is 0.0935. The summed E-state index contributed by atoms with van der Waals surface area (Å²) in [5.41, 5.74) is 1.62. The molecule has 1 amide bonds. The van der Waals surface area contributed by atoms with Crippen LogP contribution in [0.3, 0.4) is 0 Å². The molecule has 1 aromatic rings. The molecule has 100 valence electrons. The van der Waals surface area contributed by atoms with Crippen LogP contribution in [0.25, 0.3) is 0 Å². The molecule has 0 saturated carbocycles. The highest BCUT2D eigenvalue weighted by Gasteiger charge is 2.14. The number of nitrogens with one attached hydrogen (secondary N) is 1. The molecule has 4 heteroatoms. The third kappa shape index (κ3) is 4.22. The number of alkyl halides is 1.